The monoisotopic (exact) mass is 291 g/mol. The number of sulfonamides is 1. The zero-order chi connectivity index (χ0) is 13.9. The maximum atomic E-state index is 12.1. The molecule has 3 N–H and O–H groups in total. The van der Waals surface area contributed by atoms with Crippen LogP contribution in [0, 0.1) is 0 Å². The van der Waals surface area contributed by atoms with Crippen LogP contribution < -0.4 is 10.5 Å². The normalized spacial score (nSPS) is 13.8. The van der Waals surface area contributed by atoms with Crippen LogP contribution in [-0.2, 0) is 10.0 Å². The summed E-state index contributed by atoms with van der Waals surface area (Å²) in [6, 6.07) is 4.12. The van der Waals surface area contributed by atoms with Gasteiger partial charge in [-0.25, -0.2) is 13.1 Å². The molecule has 0 aliphatic carbocycles. The molecule has 0 fully saturated rings. The summed E-state index contributed by atoms with van der Waals surface area (Å²) in [6.07, 6.45) is 0. The molecule has 5 nitrogen and oxygen atoms in total. The van der Waals surface area contributed by atoms with Crippen LogP contribution >= 0.6 is 11.6 Å². The first-order chi connectivity index (χ1) is 8.22. The molecule has 1 unspecified atom stereocenters. The van der Waals surface area contributed by atoms with Crippen molar-refractivity contribution in [3.8, 4) is 0 Å². The van der Waals surface area contributed by atoms with Crippen LogP contribution in [0.15, 0.2) is 23.1 Å². The van der Waals surface area contributed by atoms with Gasteiger partial charge in [-0.15, -0.1) is 0 Å². The standard InChI is InChI=1S/C11H18ClN3O2S/c1-8(7-15(2)3)14-18(16,17)11-5-4-9(12)6-10(11)13/h4-6,8,14H,7,13H2,1-3H3. The van der Waals surface area contributed by atoms with Crippen LogP contribution in [0.4, 0.5) is 5.69 Å². The van der Waals surface area contributed by atoms with E-state index in [1.807, 2.05) is 19.0 Å². The molecule has 1 aromatic carbocycles. The summed E-state index contributed by atoms with van der Waals surface area (Å²) >= 11 is 5.74. The van der Waals surface area contributed by atoms with Gasteiger partial charge in [-0.3, -0.25) is 0 Å². The van der Waals surface area contributed by atoms with Gasteiger partial charge >= 0.3 is 0 Å². The predicted octanol–water partition coefficient (Wildman–Crippen LogP) is 1.15. The lowest BCUT2D eigenvalue weighted by Crippen LogP contribution is -2.39. The summed E-state index contributed by atoms with van der Waals surface area (Å²) < 4.78 is 26.8. The maximum absolute atomic E-state index is 12.1. The largest absolute Gasteiger partial charge is 0.398 e. The number of nitrogen functional groups attached to an aromatic ring is 1. The van der Waals surface area contributed by atoms with Crippen molar-refractivity contribution >= 4 is 27.3 Å². The minimum atomic E-state index is -3.61. The molecule has 0 aliphatic heterocycles. The summed E-state index contributed by atoms with van der Waals surface area (Å²) in [6.45, 7) is 2.40. The molecule has 7 heteroatoms. The lowest BCUT2D eigenvalue weighted by Gasteiger charge is -2.18. The van der Waals surface area contributed by atoms with Crippen molar-refractivity contribution < 1.29 is 8.42 Å². The van der Waals surface area contributed by atoms with Crippen molar-refractivity contribution in [3.63, 3.8) is 0 Å². The van der Waals surface area contributed by atoms with Crippen LogP contribution in [0.5, 0.6) is 0 Å². The second-order valence-electron chi connectivity index (χ2n) is 4.47. The van der Waals surface area contributed by atoms with Crippen LogP contribution in [0.3, 0.4) is 0 Å². The van der Waals surface area contributed by atoms with Gasteiger partial charge in [-0.2, -0.15) is 0 Å². The molecule has 18 heavy (non-hydrogen) atoms. The number of anilines is 1. The predicted molar refractivity (Wildman–Crippen MR) is 74.2 cm³/mol. The third-order valence-electron chi connectivity index (χ3n) is 2.26. The van der Waals surface area contributed by atoms with Crippen LogP contribution in [0.25, 0.3) is 0 Å². The van der Waals surface area contributed by atoms with Gasteiger partial charge in [0.05, 0.1) is 5.69 Å². The van der Waals surface area contributed by atoms with Gasteiger partial charge in [-0.1, -0.05) is 11.6 Å². The van der Waals surface area contributed by atoms with Crippen LogP contribution in [0.1, 0.15) is 6.92 Å². The second-order valence-corrected chi connectivity index (χ2v) is 6.59. The van der Waals surface area contributed by atoms with E-state index in [1.165, 1.54) is 18.2 Å². The highest BCUT2D eigenvalue weighted by Gasteiger charge is 2.20. The first-order valence-electron chi connectivity index (χ1n) is 5.44. The van der Waals surface area contributed by atoms with Gasteiger partial charge < -0.3 is 10.6 Å². The Morgan fingerprint density at radius 2 is 2.06 bits per heavy atom. The third-order valence-corrected chi connectivity index (χ3v) is 4.16. The lowest BCUT2D eigenvalue weighted by atomic mass is 10.3. The van der Waals surface area contributed by atoms with E-state index in [-0.39, 0.29) is 16.6 Å². The van der Waals surface area contributed by atoms with Gasteiger partial charge in [0, 0.05) is 17.6 Å². The van der Waals surface area contributed by atoms with Gasteiger partial charge in [0.1, 0.15) is 4.90 Å². The molecule has 0 radical (unpaired) electrons. The topological polar surface area (TPSA) is 75.4 Å². The molecule has 0 saturated carbocycles. The van der Waals surface area contributed by atoms with Crippen molar-refractivity contribution in [1.82, 2.24) is 9.62 Å². The van der Waals surface area contributed by atoms with E-state index in [4.69, 9.17) is 17.3 Å². The molecule has 0 spiro atoms. The highest BCUT2D eigenvalue weighted by Crippen LogP contribution is 2.22. The zero-order valence-corrected chi connectivity index (χ0v) is 12.2. The first-order valence-corrected chi connectivity index (χ1v) is 7.30. The summed E-state index contributed by atoms with van der Waals surface area (Å²) in [5, 5.41) is 0.410. The lowest BCUT2D eigenvalue weighted by molar-refractivity contribution is 0.370. The fraction of sp³-hybridized carbons (Fsp3) is 0.455. The van der Waals surface area contributed by atoms with E-state index in [9.17, 15) is 8.42 Å². The molecular formula is C11H18ClN3O2S. The number of benzene rings is 1. The molecule has 0 bridgehead atoms. The fourth-order valence-electron chi connectivity index (χ4n) is 1.68. The third kappa shape index (κ3) is 4.13. The molecule has 102 valence electrons. The zero-order valence-electron chi connectivity index (χ0n) is 10.6. The summed E-state index contributed by atoms with van der Waals surface area (Å²) in [4.78, 5) is 1.95. The number of likely N-dealkylation sites (N-methyl/N-ethyl adjacent to an activating group) is 1. The van der Waals surface area contributed by atoms with Crippen molar-refractivity contribution in [3.05, 3.63) is 23.2 Å². The molecule has 0 amide bonds. The Hall–Kier alpha value is -0.820. The minimum absolute atomic E-state index is 0.0532. The van der Waals surface area contributed by atoms with Gasteiger partial charge in [0.2, 0.25) is 10.0 Å². The maximum Gasteiger partial charge on any atom is 0.242 e. The van der Waals surface area contributed by atoms with E-state index >= 15 is 0 Å². The van der Waals surface area contributed by atoms with Crippen LogP contribution in [0.2, 0.25) is 5.02 Å². The summed E-state index contributed by atoms with van der Waals surface area (Å²) in [7, 11) is 0.140. The SMILES string of the molecule is CC(CN(C)C)NS(=O)(=O)c1ccc(Cl)cc1N. The minimum Gasteiger partial charge on any atom is -0.398 e. The van der Waals surface area contributed by atoms with E-state index in [2.05, 4.69) is 4.72 Å². The molecule has 1 rings (SSSR count). The molecule has 1 atom stereocenters. The number of nitrogens with zero attached hydrogens (tertiary/aromatic N) is 1. The Morgan fingerprint density at radius 1 is 1.44 bits per heavy atom. The molecular weight excluding hydrogens is 274 g/mol. The second kappa shape index (κ2) is 5.88. The van der Waals surface area contributed by atoms with Gasteiger partial charge in [-0.05, 0) is 39.2 Å². The van der Waals surface area contributed by atoms with E-state index < -0.39 is 10.0 Å². The highest BCUT2D eigenvalue weighted by atomic mass is 35.5. The quantitative estimate of drug-likeness (QED) is 0.798. The van der Waals surface area contributed by atoms with Crippen molar-refractivity contribution in [2.45, 2.75) is 17.9 Å². The van der Waals surface area contributed by atoms with Crippen LogP contribution in [-0.4, -0.2) is 40.0 Å². The Bertz CT molecular complexity index is 517. The van der Waals surface area contributed by atoms with E-state index in [1.54, 1.807) is 6.92 Å². The fourth-order valence-corrected chi connectivity index (χ4v) is 3.21. The summed E-state index contributed by atoms with van der Waals surface area (Å²) in [5.41, 5.74) is 5.82. The Kier molecular flexibility index (Phi) is 4.98. The molecule has 0 saturated heterocycles. The van der Waals surface area contributed by atoms with Crippen molar-refractivity contribution in [2.75, 3.05) is 26.4 Å². The highest BCUT2D eigenvalue weighted by molar-refractivity contribution is 7.89. The van der Waals surface area contributed by atoms with Crippen molar-refractivity contribution in [2.24, 2.45) is 0 Å². The molecule has 0 aliphatic rings. The smallest absolute Gasteiger partial charge is 0.242 e. The number of hydrogen-bond acceptors (Lipinski definition) is 4. The van der Waals surface area contributed by atoms with Crippen molar-refractivity contribution in [1.29, 1.82) is 0 Å². The number of nitrogens with two attached hydrogens (primary N) is 1. The average Bonchev–Trinajstić information content (AvgIpc) is 2.13. The molecule has 0 aromatic heterocycles. The molecule has 1 aromatic rings. The first kappa shape index (κ1) is 15.2. The average molecular weight is 292 g/mol. The Balaban J connectivity index is 2.93. The van der Waals surface area contributed by atoms with Gasteiger partial charge in [0.15, 0.2) is 0 Å². The van der Waals surface area contributed by atoms with E-state index in [0.717, 1.165) is 0 Å². The van der Waals surface area contributed by atoms with E-state index in [0.29, 0.717) is 11.6 Å². The van der Waals surface area contributed by atoms with Gasteiger partial charge in [0.25, 0.3) is 0 Å². The number of rotatable bonds is 5. The number of halogens is 1. The summed E-state index contributed by atoms with van der Waals surface area (Å²) in [5.74, 6) is 0. The number of nitrogens with one attached hydrogen (secondary N) is 1. The Labute approximate surface area is 113 Å². The number of hydrogen-bond donors (Lipinski definition) is 2. The Morgan fingerprint density at radius 3 is 2.56 bits per heavy atom. The molecule has 0 heterocycles.